The van der Waals surface area contributed by atoms with Crippen molar-refractivity contribution in [2.45, 2.75) is 38.7 Å². The van der Waals surface area contributed by atoms with Gasteiger partial charge in [-0.05, 0) is 37.3 Å². The Hall–Kier alpha value is -1.82. The number of benzene rings is 1. The van der Waals surface area contributed by atoms with Gasteiger partial charge in [-0.15, -0.1) is 0 Å². The van der Waals surface area contributed by atoms with Gasteiger partial charge in [0.1, 0.15) is 5.69 Å². The molecule has 0 spiro atoms. The first kappa shape index (κ1) is 13.6. The minimum atomic E-state index is -0.462. The number of para-hydroxylation sites is 1. The largest absolute Gasteiger partial charge is 0.483 e. The van der Waals surface area contributed by atoms with Gasteiger partial charge >= 0.3 is 5.69 Å². The fourth-order valence-electron chi connectivity index (χ4n) is 2.59. The molecule has 0 heterocycles. The van der Waals surface area contributed by atoms with Gasteiger partial charge in [0.2, 0.25) is 0 Å². The predicted molar refractivity (Wildman–Crippen MR) is 73.0 cm³/mol. The summed E-state index contributed by atoms with van der Waals surface area (Å²) in [6.45, 7) is 2.18. The van der Waals surface area contributed by atoms with E-state index in [9.17, 15) is 10.1 Å². The van der Waals surface area contributed by atoms with Crippen LogP contribution in [-0.4, -0.2) is 11.0 Å². The van der Waals surface area contributed by atoms with E-state index >= 15 is 0 Å². The number of hydrogen-bond acceptors (Lipinski definition) is 5. The SMILES string of the molecule is CC1CCCC(Oc2cccc(NN)c2[N+](=O)[O-])C1. The van der Waals surface area contributed by atoms with E-state index in [1.54, 1.807) is 18.2 Å². The van der Waals surface area contributed by atoms with Gasteiger partial charge in [-0.25, -0.2) is 0 Å². The molecule has 0 amide bonds. The van der Waals surface area contributed by atoms with E-state index in [0.29, 0.717) is 11.7 Å². The highest BCUT2D eigenvalue weighted by Crippen LogP contribution is 2.37. The number of nitrogens with one attached hydrogen (secondary N) is 1. The molecule has 1 fully saturated rings. The van der Waals surface area contributed by atoms with Crippen LogP contribution < -0.4 is 16.0 Å². The number of nitrogens with two attached hydrogens (primary N) is 1. The molecule has 1 saturated carbocycles. The van der Waals surface area contributed by atoms with Crippen LogP contribution in [-0.2, 0) is 0 Å². The molecule has 1 aromatic carbocycles. The highest BCUT2D eigenvalue weighted by molar-refractivity contribution is 5.67. The molecule has 2 rings (SSSR count). The number of nitro groups is 1. The Morgan fingerprint density at radius 2 is 2.26 bits per heavy atom. The fraction of sp³-hybridized carbons (Fsp3) is 0.538. The summed E-state index contributed by atoms with van der Waals surface area (Å²) < 4.78 is 5.82. The Bertz CT molecular complexity index is 464. The van der Waals surface area contributed by atoms with Crippen molar-refractivity contribution in [3.63, 3.8) is 0 Å². The maximum Gasteiger partial charge on any atom is 0.335 e. The zero-order chi connectivity index (χ0) is 13.8. The lowest BCUT2D eigenvalue weighted by atomic mass is 9.89. The second-order valence-electron chi connectivity index (χ2n) is 5.07. The minimum Gasteiger partial charge on any atom is -0.483 e. The van der Waals surface area contributed by atoms with E-state index in [1.165, 1.54) is 6.42 Å². The zero-order valence-electron chi connectivity index (χ0n) is 11.0. The Labute approximate surface area is 112 Å². The number of nitrogens with zero attached hydrogens (tertiary/aromatic N) is 1. The van der Waals surface area contributed by atoms with Gasteiger partial charge in [-0.3, -0.25) is 16.0 Å². The summed E-state index contributed by atoms with van der Waals surface area (Å²) in [5.74, 6) is 6.20. The first-order valence-electron chi connectivity index (χ1n) is 6.52. The van der Waals surface area contributed by atoms with Crippen molar-refractivity contribution < 1.29 is 9.66 Å². The molecule has 0 saturated heterocycles. The Kier molecular flexibility index (Phi) is 4.21. The summed E-state index contributed by atoms with van der Waals surface area (Å²) in [4.78, 5) is 10.7. The lowest BCUT2D eigenvalue weighted by molar-refractivity contribution is -0.385. The van der Waals surface area contributed by atoms with E-state index in [-0.39, 0.29) is 17.5 Å². The third kappa shape index (κ3) is 3.14. The van der Waals surface area contributed by atoms with Crippen LogP contribution in [0.25, 0.3) is 0 Å². The smallest absolute Gasteiger partial charge is 0.335 e. The van der Waals surface area contributed by atoms with Gasteiger partial charge in [-0.1, -0.05) is 19.4 Å². The average molecular weight is 265 g/mol. The molecule has 6 heteroatoms. The van der Waals surface area contributed by atoms with Crippen molar-refractivity contribution in [2.24, 2.45) is 11.8 Å². The van der Waals surface area contributed by atoms with Crippen molar-refractivity contribution in [3.8, 4) is 5.75 Å². The molecule has 0 aromatic heterocycles. The van der Waals surface area contributed by atoms with E-state index in [2.05, 4.69) is 12.3 Å². The maximum absolute atomic E-state index is 11.1. The van der Waals surface area contributed by atoms with Gasteiger partial charge in [0, 0.05) is 0 Å². The molecule has 1 aliphatic carbocycles. The molecule has 6 nitrogen and oxygen atoms in total. The first-order chi connectivity index (χ1) is 9.11. The predicted octanol–water partition coefficient (Wildman–Crippen LogP) is 2.84. The third-order valence-electron chi connectivity index (χ3n) is 3.52. The Balaban J connectivity index is 2.21. The molecule has 3 N–H and O–H groups in total. The number of rotatable bonds is 4. The van der Waals surface area contributed by atoms with Crippen molar-refractivity contribution >= 4 is 11.4 Å². The van der Waals surface area contributed by atoms with Crippen LogP contribution in [0.3, 0.4) is 0 Å². The number of hydrazine groups is 1. The van der Waals surface area contributed by atoms with E-state index in [0.717, 1.165) is 19.3 Å². The normalized spacial score (nSPS) is 22.8. The molecule has 2 unspecified atom stereocenters. The van der Waals surface area contributed by atoms with E-state index in [4.69, 9.17) is 10.6 Å². The quantitative estimate of drug-likeness (QED) is 0.496. The third-order valence-corrected chi connectivity index (χ3v) is 3.52. The van der Waals surface area contributed by atoms with Crippen molar-refractivity contribution in [2.75, 3.05) is 5.43 Å². The van der Waals surface area contributed by atoms with Crippen LogP contribution in [0.1, 0.15) is 32.6 Å². The van der Waals surface area contributed by atoms with Crippen LogP contribution >= 0.6 is 0 Å². The average Bonchev–Trinajstić information content (AvgIpc) is 2.38. The molecular formula is C13H19N3O3. The highest BCUT2D eigenvalue weighted by atomic mass is 16.6. The number of anilines is 1. The maximum atomic E-state index is 11.1. The highest BCUT2D eigenvalue weighted by Gasteiger charge is 2.25. The standard InChI is InChI=1S/C13H19N3O3/c1-9-4-2-5-10(8-9)19-12-7-3-6-11(15-14)13(12)16(17)18/h3,6-7,9-10,15H,2,4-5,8,14H2,1H3. The van der Waals surface area contributed by atoms with Gasteiger partial charge in [0.05, 0.1) is 11.0 Å². The molecule has 2 atom stereocenters. The minimum absolute atomic E-state index is 0.0514. The van der Waals surface area contributed by atoms with Gasteiger partial charge in [0.25, 0.3) is 0 Å². The van der Waals surface area contributed by atoms with Gasteiger partial charge < -0.3 is 10.2 Å². The van der Waals surface area contributed by atoms with E-state index < -0.39 is 4.92 Å². The van der Waals surface area contributed by atoms with Crippen molar-refractivity contribution in [1.82, 2.24) is 0 Å². The zero-order valence-corrected chi connectivity index (χ0v) is 11.0. The summed E-state index contributed by atoms with van der Waals surface area (Å²) in [7, 11) is 0. The molecule has 19 heavy (non-hydrogen) atoms. The number of nitrogen functional groups attached to an aromatic ring is 1. The monoisotopic (exact) mass is 265 g/mol. The Morgan fingerprint density at radius 1 is 1.47 bits per heavy atom. The van der Waals surface area contributed by atoms with Crippen LogP contribution in [0.4, 0.5) is 11.4 Å². The summed E-state index contributed by atoms with van der Waals surface area (Å²) in [6.07, 6.45) is 4.25. The molecule has 0 radical (unpaired) electrons. The van der Waals surface area contributed by atoms with Crippen molar-refractivity contribution in [1.29, 1.82) is 0 Å². The second-order valence-corrected chi connectivity index (χ2v) is 5.07. The second kappa shape index (κ2) is 5.88. The summed E-state index contributed by atoms with van der Waals surface area (Å²) in [6, 6.07) is 4.89. The Morgan fingerprint density at radius 3 is 2.89 bits per heavy atom. The topological polar surface area (TPSA) is 90.4 Å². The summed E-state index contributed by atoms with van der Waals surface area (Å²) in [5, 5.41) is 11.1. The van der Waals surface area contributed by atoms with E-state index in [1.807, 2.05) is 0 Å². The first-order valence-corrected chi connectivity index (χ1v) is 6.52. The fourth-order valence-corrected chi connectivity index (χ4v) is 2.59. The van der Waals surface area contributed by atoms with Gasteiger partial charge in [0.15, 0.2) is 5.75 Å². The van der Waals surface area contributed by atoms with Crippen LogP contribution in [0.2, 0.25) is 0 Å². The molecule has 1 aromatic rings. The lowest BCUT2D eigenvalue weighted by Gasteiger charge is -2.27. The van der Waals surface area contributed by atoms with Crippen LogP contribution in [0.15, 0.2) is 18.2 Å². The van der Waals surface area contributed by atoms with Crippen LogP contribution in [0, 0.1) is 16.0 Å². The molecule has 0 aliphatic heterocycles. The lowest BCUT2D eigenvalue weighted by Crippen LogP contribution is -2.24. The number of hydrogen-bond donors (Lipinski definition) is 2. The summed E-state index contributed by atoms with van der Waals surface area (Å²) in [5.41, 5.74) is 2.52. The number of ether oxygens (including phenoxy) is 1. The molecule has 0 bridgehead atoms. The molecule has 104 valence electrons. The van der Waals surface area contributed by atoms with Gasteiger partial charge in [-0.2, -0.15) is 0 Å². The summed E-state index contributed by atoms with van der Waals surface area (Å²) >= 11 is 0. The molecular weight excluding hydrogens is 246 g/mol. The number of nitro benzene ring substituents is 1. The molecule has 1 aliphatic rings. The van der Waals surface area contributed by atoms with Crippen LogP contribution in [0.5, 0.6) is 5.75 Å². The van der Waals surface area contributed by atoms with Crippen molar-refractivity contribution in [3.05, 3.63) is 28.3 Å².